The molecule has 0 aliphatic heterocycles. The van der Waals surface area contributed by atoms with Crippen molar-refractivity contribution in [2.75, 3.05) is 0 Å². The zero-order valence-electron chi connectivity index (χ0n) is 5.46. The van der Waals surface area contributed by atoms with Crippen molar-refractivity contribution in [3.8, 4) is 0 Å². The molecule has 0 aromatic carbocycles. The quantitative estimate of drug-likeness (QED) is 0.421. The maximum absolute atomic E-state index is 9.43. The van der Waals surface area contributed by atoms with Crippen LogP contribution in [0.1, 0.15) is 6.92 Å². The molecule has 66 valence electrons. The molecule has 0 aliphatic carbocycles. The summed E-state index contributed by atoms with van der Waals surface area (Å²) in [5, 5.41) is 14.9. The molecule has 0 aliphatic rings. The normalized spacial score (nSPS) is 9.36. The molecule has 0 radical (unpaired) electrons. The van der Waals surface area contributed by atoms with Crippen LogP contribution in [0.4, 0.5) is 4.79 Å². The summed E-state index contributed by atoms with van der Waals surface area (Å²) in [6, 6.07) is 0. The second-order valence-corrected chi connectivity index (χ2v) is 2.82. The summed E-state index contributed by atoms with van der Waals surface area (Å²) in [4.78, 5) is 33.5. The van der Waals surface area contributed by atoms with Crippen LogP contribution in [0, 0.1) is 0 Å². The molecule has 8 heteroatoms. The molecule has 0 atom stereocenters. The van der Waals surface area contributed by atoms with Gasteiger partial charge >= 0.3 is 13.3 Å². The molecular formula is C3H7O7P. The van der Waals surface area contributed by atoms with Crippen molar-refractivity contribution in [2.24, 2.45) is 0 Å². The molecule has 0 saturated heterocycles. The van der Waals surface area contributed by atoms with Gasteiger partial charge in [-0.05, 0) is 0 Å². The Balaban J connectivity index is 0. The molecular weight excluding hydrogens is 179 g/mol. The Morgan fingerprint density at radius 3 is 1.27 bits per heavy atom. The summed E-state index contributed by atoms with van der Waals surface area (Å²) in [6.07, 6.45) is 0. The molecule has 0 spiro atoms. The van der Waals surface area contributed by atoms with Crippen LogP contribution in [-0.4, -0.2) is 31.7 Å². The van der Waals surface area contributed by atoms with Crippen LogP contribution in [-0.2, 0) is 9.36 Å². The molecule has 0 saturated carbocycles. The Hall–Kier alpha value is -0.910. The molecule has 0 amide bonds. The van der Waals surface area contributed by atoms with Crippen LogP contribution < -0.4 is 0 Å². The van der Waals surface area contributed by atoms with Gasteiger partial charge in [0, 0.05) is 6.92 Å². The maximum atomic E-state index is 9.43. The predicted octanol–water partition coefficient (Wildman–Crippen LogP) is -0.0670. The van der Waals surface area contributed by atoms with E-state index in [1.54, 1.807) is 0 Å². The highest BCUT2D eigenvalue weighted by atomic mass is 31.2. The second-order valence-electron chi connectivity index (χ2n) is 1.35. The number of carboxylic acids is 1. The molecule has 11 heavy (non-hydrogen) atoms. The van der Waals surface area contributed by atoms with Crippen LogP contribution in [0.25, 0.3) is 0 Å². The van der Waals surface area contributed by atoms with Crippen LogP contribution >= 0.6 is 7.60 Å². The second kappa shape index (κ2) is 4.84. The number of aliphatic carboxylic acids is 1. The van der Waals surface area contributed by atoms with E-state index in [2.05, 4.69) is 0 Å². The van der Waals surface area contributed by atoms with E-state index in [4.69, 9.17) is 24.8 Å². The van der Waals surface area contributed by atoms with Crippen molar-refractivity contribution in [3.63, 3.8) is 0 Å². The standard InChI is InChI=1S/C2H4O2.CH3O5P/c1-2(3)4;2-1(3)7(4,5)6/h1H3,(H,3,4);(H,2,3)(H2,4,5,6). The summed E-state index contributed by atoms with van der Waals surface area (Å²) < 4.78 is 9.43. The first-order chi connectivity index (χ1) is 4.68. The van der Waals surface area contributed by atoms with E-state index in [1.165, 1.54) is 0 Å². The predicted molar refractivity (Wildman–Crippen MR) is 33.4 cm³/mol. The first-order valence-corrected chi connectivity index (χ1v) is 3.77. The van der Waals surface area contributed by atoms with Crippen molar-refractivity contribution in [2.45, 2.75) is 6.92 Å². The Morgan fingerprint density at radius 1 is 1.18 bits per heavy atom. The van der Waals surface area contributed by atoms with Crippen molar-refractivity contribution >= 4 is 19.3 Å². The highest BCUT2D eigenvalue weighted by Gasteiger charge is 2.23. The van der Waals surface area contributed by atoms with Gasteiger partial charge in [0.25, 0.3) is 5.97 Å². The average Bonchev–Trinajstić information content (AvgIpc) is 1.59. The van der Waals surface area contributed by atoms with E-state index in [0.29, 0.717) is 0 Å². The summed E-state index contributed by atoms with van der Waals surface area (Å²) >= 11 is 0. The van der Waals surface area contributed by atoms with Gasteiger partial charge in [-0.3, -0.25) is 4.79 Å². The summed E-state index contributed by atoms with van der Waals surface area (Å²) in [7, 11) is -4.82. The van der Waals surface area contributed by atoms with Gasteiger partial charge in [0.1, 0.15) is 0 Å². The smallest absolute Gasteiger partial charge is 0.433 e. The van der Waals surface area contributed by atoms with Gasteiger partial charge < -0.3 is 20.0 Å². The van der Waals surface area contributed by atoms with E-state index in [0.717, 1.165) is 6.92 Å². The molecule has 0 heterocycles. The zero-order valence-corrected chi connectivity index (χ0v) is 6.36. The summed E-state index contributed by atoms with van der Waals surface area (Å²) in [5.74, 6) is -0.833. The maximum Gasteiger partial charge on any atom is 0.433 e. The largest absolute Gasteiger partial charge is 0.481 e. The van der Waals surface area contributed by atoms with E-state index in [1.807, 2.05) is 0 Å². The minimum absolute atomic E-state index is 0.833. The molecule has 0 aromatic rings. The van der Waals surface area contributed by atoms with E-state index < -0.39 is 19.3 Å². The first-order valence-electron chi connectivity index (χ1n) is 2.16. The molecule has 0 fully saturated rings. The molecule has 7 nitrogen and oxygen atoms in total. The topological polar surface area (TPSA) is 132 Å². The van der Waals surface area contributed by atoms with Crippen LogP contribution in [0.5, 0.6) is 0 Å². The fraction of sp³-hybridized carbons (Fsp3) is 0.333. The summed E-state index contributed by atoms with van der Waals surface area (Å²) in [5.41, 5.74) is -2.09. The van der Waals surface area contributed by atoms with Gasteiger partial charge in [-0.15, -0.1) is 0 Å². The lowest BCUT2D eigenvalue weighted by Gasteiger charge is -1.90. The third kappa shape index (κ3) is 17.6. The van der Waals surface area contributed by atoms with Gasteiger partial charge in [-0.2, -0.15) is 0 Å². The number of carbonyl (C=O) groups is 2. The lowest BCUT2D eigenvalue weighted by atomic mass is 10.9. The third-order valence-electron chi connectivity index (χ3n) is 0.249. The van der Waals surface area contributed by atoms with E-state index in [9.17, 15) is 9.36 Å². The zero-order chi connectivity index (χ0) is 9.65. The van der Waals surface area contributed by atoms with Crippen molar-refractivity contribution < 1.29 is 34.2 Å². The average molecular weight is 186 g/mol. The van der Waals surface area contributed by atoms with Crippen molar-refractivity contribution in [1.82, 2.24) is 0 Å². The number of rotatable bonds is 1. The minimum atomic E-state index is -4.82. The third-order valence-corrected chi connectivity index (χ3v) is 0.748. The fourth-order valence-electron chi connectivity index (χ4n) is 0. The van der Waals surface area contributed by atoms with Gasteiger partial charge in [0.2, 0.25) is 0 Å². The summed E-state index contributed by atoms with van der Waals surface area (Å²) in [6.45, 7) is 1.08. The number of hydrogen-bond donors (Lipinski definition) is 4. The highest BCUT2D eigenvalue weighted by Crippen LogP contribution is 2.34. The molecule has 4 N–H and O–H groups in total. The molecule has 0 unspecified atom stereocenters. The lowest BCUT2D eigenvalue weighted by molar-refractivity contribution is -0.134. The van der Waals surface area contributed by atoms with Crippen LogP contribution in [0.15, 0.2) is 0 Å². The highest BCUT2D eigenvalue weighted by molar-refractivity contribution is 7.69. The Morgan fingerprint density at radius 2 is 1.27 bits per heavy atom. The van der Waals surface area contributed by atoms with Gasteiger partial charge in [-0.25, -0.2) is 9.36 Å². The van der Waals surface area contributed by atoms with Crippen LogP contribution in [0.3, 0.4) is 0 Å². The van der Waals surface area contributed by atoms with Gasteiger partial charge in [0.05, 0.1) is 0 Å². The van der Waals surface area contributed by atoms with Gasteiger partial charge in [0.15, 0.2) is 0 Å². The van der Waals surface area contributed by atoms with E-state index in [-0.39, 0.29) is 0 Å². The fourth-order valence-corrected chi connectivity index (χ4v) is 0. The minimum Gasteiger partial charge on any atom is -0.481 e. The molecule has 0 bridgehead atoms. The molecule has 0 aromatic heterocycles. The van der Waals surface area contributed by atoms with Crippen molar-refractivity contribution in [3.05, 3.63) is 0 Å². The van der Waals surface area contributed by atoms with Crippen LogP contribution in [0.2, 0.25) is 0 Å². The molecule has 0 rings (SSSR count). The Kier molecular flexibility index (Phi) is 5.60. The number of carboxylic acid groups (broad SMARTS) is 2. The SMILES string of the molecule is CC(=O)O.O=C(O)P(=O)(O)O. The van der Waals surface area contributed by atoms with E-state index >= 15 is 0 Å². The number of hydrogen-bond acceptors (Lipinski definition) is 3. The Bertz CT molecular complexity index is 186. The van der Waals surface area contributed by atoms with Crippen molar-refractivity contribution in [1.29, 1.82) is 0 Å². The first kappa shape index (κ1) is 12.7. The monoisotopic (exact) mass is 186 g/mol. The van der Waals surface area contributed by atoms with Gasteiger partial charge in [-0.1, -0.05) is 0 Å². The lowest BCUT2D eigenvalue weighted by Crippen LogP contribution is -1.90. The Labute approximate surface area is 61.4 Å².